The zero-order valence-electron chi connectivity index (χ0n) is 10.4. The Hall–Kier alpha value is -0.550. The molecule has 15 heavy (non-hydrogen) atoms. The SMILES string of the molecule is CCC(C)CN(CC)C1CCCC1C#N. The molecule has 1 rings (SSSR count). The van der Waals surface area contributed by atoms with E-state index in [2.05, 4.69) is 31.7 Å². The van der Waals surface area contributed by atoms with Crippen LogP contribution in [0, 0.1) is 23.2 Å². The molecule has 0 aromatic heterocycles. The highest BCUT2D eigenvalue weighted by Crippen LogP contribution is 2.29. The Morgan fingerprint density at radius 2 is 2.13 bits per heavy atom. The number of nitrogens with zero attached hydrogens (tertiary/aromatic N) is 2. The van der Waals surface area contributed by atoms with Crippen LogP contribution in [0.2, 0.25) is 0 Å². The Labute approximate surface area is 94.3 Å². The lowest BCUT2D eigenvalue weighted by molar-refractivity contribution is 0.161. The number of nitriles is 1. The molecule has 0 aliphatic heterocycles. The highest BCUT2D eigenvalue weighted by atomic mass is 15.2. The van der Waals surface area contributed by atoms with Crippen LogP contribution in [0.15, 0.2) is 0 Å². The zero-order valence-corrected chi connectivity index (χ0v) is 10.4. The van der Waals surface area contributed by atoms with Gasteiger partial charge in [-0.3, -0.25) is 4.90 Å². The maximum absolute atomic E-state index is 9.10. The van der Waals surface area contributed by atoms with Crippen LogP contribution in [0.1, 0.15) is 46.5 Å². The topological polar surface area (TPSA) is 27.0 Å². The van der Waals surface area contributed by atoms with E-state index in [0.717, 1.165) is 25.4 Å². The zero-order chi connectivity index (χ0) is 11.3. The molecule has 2 nitrogen and oxygen atoms in total. The summed E-state index contributed by atoms with van der Waals surface area (Å²) in [7, 11) is 0. The third kappa shape index (κ3) is 3.21. The monoisotopic (exact) mass is 208 g/mol. The van der Waals surface area contributed by atoms with Gasteiger partial charge in [0.1, 0.15) is 0 Å². The lowest BCUT2D eigenvalue weighted by atomic mass is 10.0. The fraction of sp³-hybridized carbons (Fsp3) is 0.923. The Bertz CT molecular complexity index is 219. The molecule has 1 aliphatic rings. The first-order valence-electron chi connectivity index (χ1n) is 6.36. The molecule has 0 bridgehead atoms. The minimum atomic E-state index is 0.286. The minimum Gasteiger partial charge on any atom is -0.299 e. The van der Waals surface area contributed by atoms with Crippen molar-refractivity contribution < 1.29 is 0 Å². The molecular formula is C13H24N2. The molecule has 0 spiro atoms. The summed E-state index contributed by atoms with van der Waals surface area (Å²) in [4.78, 5) is 2.52. The first-order valence-corrected chi connectivity index (χ1v) is 6.36. The van der Waals surface area contributed by atoms with E-state index in [1.807, 2.05) is 0 Å². The van der Waals surface area contributed by atoms with Gasteiger partial charge in [-0.2, -0.15) is 5.26 Å². The molecule has 1 aliphatic carbocycles. The fourth-order valence-corrected chi connectivity index (χ4v) is 2.56. The van der Waals surface area contributed by atoms with Crippen LogP contribution in [0.25, 0.3) is 0 Å². The van der Waals surface area contributed by atoms with E-state index in [-0.39, 0.29) is 5.92 Å². The third-order valence-corrected chi connectivity index (χ3v) is 3.76. The second-order valence-electron chi connectivity index (χ2n) is 4.83. The van der Waals surface area contributed by atoms with E-state index in [1.165, 1.54) is 19.3 Å². The molecule has 0 heterocycles. The Kier molecular flexibility index (Phi) is 5.11. The molecule has 86 valence electrons. The van der Waals surface area contributed by atoms with E-state index < -0.39 is 0 Å². The number of hydrogen-bond acceptors (Lipinski definition) is 2. The van der Waals surface area contributed by atoms with Crippen LogP contribution in [0.4, 0.5) is 0 Å². The summed E-state index contributed by atoms with van der Waals surface area (Å²) in [6.07, 6.45) is 4.81. The molecule has 3 atom stereocenters. The van der Waals surface area contributed by atoms with Crippen molar-refractivity contribution in [2.45, 2.75) is 52.5 Å². The van der Waals surface area contributed by atoms with Crippen LogP contribution in [-0.4, -0.2) is 24.0 Å². The van der Waals surface area contributed by atoms with Crippen LogP contribution in [0.5, 0.6) is 0 Å². The van der Waals surface area contributed by atoms with Crippen molar-refractivity contribution in [1.82, 2.24) is 4.90 Å². The van der Waals surface area contributed by atoms with Gasteiger partial charge in [0, 0.05) is 12.6 Å². The molecule has 0 amide bonds. The predicted molar refractivity (Wildman–Crippen MR) is 63.4 cm³/mol. The molecule has 1 saturated carbocycles. The molecule has 1 fully saturated rings. The normalized spacial score (nSPS) is 27.9. The standard InChI is InChI=1S/C13H24N2/c1-4-11(3)10-15(5-2)13-8-6-7-12(13)9-14/h11-13H,4-8,10H2,1-3H3. The van der Waals surface area contributed by atoms with Crippen molar-refractivity contribution >= 4 is 0 Å². The lowest BCUT2D eigenvalue weighted by Gasteiger charge is -2.31. The summed E-state index contributed by atoms with van der Waals surface area (Å²) >= 11 is 0. The molecule has 0 aromatic rings. The second-order valence-corrected chi connectivity index (χ2v) is 4.83. The molecule has 0 radical (unpaired) electrons. The number of rotatable bonds is 5. The van der Waals surface area contributed by atoms with Gasteiger partial charge in [0.25, 0.3) is 0 Å². The quantitative estimate of drug-likeness (QED) is 0.694. The van der Waals surface area contributed by atoms with Crippen molar-refractivity contribution in [3.05, 3.63) is 0 Å². The molecule has 2 heteroatoms. The summed E-state index contributed by atoms with van der Waals surface area (Å²) in [6, 6.07) is 3.01. The Morgan fingerprint density at radius 1 is 1.40 bits per heavy atom. The van der Waals surface area contributed by atoms with E-state index in [9.17, 15) is 0 Å². The van der Waals surface area contributed by atoms with E-state index in [4.69, 9.17) is 5.26 Å². The summed E-state index contributed by atoms with van der Waals surface area (Å²) in [5, 5.41) is 9.10. The van der Waals surface area contributed by atoms with Crippen molar-refractivity contribution in [2.75, 3.05) is 13.1 Å². The van der Waals surface area contributed by atoms with Crippen molar-refractivity contribution in [3.63, 3.8) is 0 Å². The molecular weight excluding hydrogens is 184 g/mol. The van der Waals surface area contributed by atoms with Gasteiger partial charge in [-0.05, 0) is 25.3 Å². The van der Waals surface area contributed by atoms with Gasteiger partial charge < -0.3 is 0 Å². The second kappa shape index (κ2) is 6.12. The summed E-state index contributed by atoms with van der Waals surface area (Å²) in [5.74, 6) is 1.04. The fourth-order valence-electron chi connectivity index (χ4n) is 2.56. The molecule has 0 N–H and O–H groups in total. The average molecular weight is 208 g/mol. The van der Waals surface area contributed by atoms with Gasteiger partial charge in [0.15, 0.2) is 0 Å². The first kappa shape index (κ1) is 12.5. The minimum absolute atomic E-state index is 0.286. The van der Waals surface area contributed by atoms with Gasteiger partial charge in [-0.25, -0.2) is 0 Å². The van der Waals surface area contributed by atoms with Gasteiger partial charge >= 0.3 is 0 Å². The molecule has 3 unspecified atom stereocenters. The number of hydrogen-bond donors (Lipinski definition) is 0. The average Bonchev–Trinajstić information content (AvgIpc) is 2.73. The van der Waals surface area contributed by atoms with E-state index in [0.29, 0.717) is 6.04 Å². The Balaban J connectivity index is 2.54. The van der Waals surface area contributed by atoms with Crippen molar-refractivity contribution in [1.29, 1.82) is 5.26 Å². The summed E-state index contributed by atoms with van der Waals surface area (Å²) in [6.45, 7) is 9.02. The van der Waals surface area contributed by atoms with Crippen LogP contribution in [-0.2, 0) is 0 Å². The van der Waals surface area contributed by atoms with Crippen molar-refractivity contribution in [3.8, 4) is 6.07 Å². The smallest absolute Gasteiger partial charge is 0.0672 e. The maximum Gasteiger partial charge on any atom is 0.0672 e. The van der Waals surface area contributed by atoms with Crippen molar-refractivity contribution in [2.24, 2.45) is 11.8 Å². The highest BCUT2D eigenvalue weighted by Gasteiger charge is 2.31. The lowest BCUT2D eigenvalue weighted by Crippen LogP contribution is -2.40. The summed E-state index contributed by atoms with van der Waals surface area (Å²) < 4.78 is 0. The van der Waals surface area contributed by atoms with E-state index >= 15 is 0 Å². The third-order valence-electron chi connectivity index (χ3n) is 3.76. The first-order chi connectivity index (χ1) is 7.22. The van der Waals surface area contributed by atoms with Crippen LogP contribution >= 0.6 is 0 Å². The van der Waals surface area contributed by atoms with Gasteiger partial charge in [0.05, 0.1) is 12.0 Å². The van der Waals surface area contributed by atoms with Gasteiger partial charge in [-0.1, -0.05) is 33.6 Å². The van der Waals surface area contributed by atoms with Crippen LogP contribution < -0.4 is 0 Å². The van der Waals surface area contributed by atoms with Gasteiger partial charge in [0.2, 0.25) is 0 Å². The van der Waals surface area contributed by atoms with E-state index in [1.54, 1.807) is 0 Å². The molecule has 0 saturated heterocycles. The van der Waals surface area contributed by atoms with Gasteiger partial charge in [-0.15, -0.1) is 0 Å². The predicted octanol–water partition coefficient (Wildman–Crippen LogP) is 3.05. The van der Waals surface area contributed by atoms with Crippen LogP contribution in [0.3, 0.4) is 0 Å². The highest BCUT2D eigenvalue weighted by molar-refractivity contribution is 4.97. The molecule has 0 aromatic carbocycles. The largest absolute Gasteiger partial charge is 0.299 e. The maximum atomic E-state index is 9.10. The Morgan fingerprint density at radius 3 is 2.67 bits per heavy atom. The summed E-state index contributed by atoms with van der Waals surface area (Å²) in [5.41, 5.74) is 0.